The Morgan fingerprint density at radius 3 is 1.85 bits per heavy atom. The molecule has 0 bridgehead atoms. The van der Waals surface area contributed by atoms with E-state index in [1.807, 2.05) is 6.07 Å². The van der Waals surface area contributed by atoms with Crippen molar-refractivity contribution in [2.45, 2.75) is 6.61 Å². The van der Waals surface area contributed by atoms with Crippen LogP contribution in [-0.4, -0.2) is 60.3 Å². The second-order valence-corrected chi connectivity index (χ2v) is 10.4. The second-order valence-electron chi connectivity index (χ2n) is 10.4. The van der Waals surface area contributed by atoms with Gasteiger partial charge in [0.2, 0.25) is 5.75 Å². The summed E-state index contributed by atoms with van der Waals surface area (Å²) >= 11 is 0. The highest BCUT2D eigenvalue weighted by Crippen LogP contribution is 2.45. The molecular formula is C36H36N2O10. The fourth-order valence-electron chi connectivity index (χ4n) is 5.48. The van der Waals surface area contributed by atoms with Gasteiger partial charge in [0, 0.05) is 34.0 Å². The van der Waals surface area contributed by atoms with Gasteiger partial charge in [0.05, 0.1) is 55.2 Å². The highest BCUT2D eigenvalue weighted by Gasteiger charge is 2.28. The Kier molecular flexibility index (Phi) is 9.83. The number of nitrogen functional groups attached to an aromatic ring is 1. The molecule has 0 aliphatic heterocycles. The van der Waals surface area contributed by atoms with E-state index >= 15 is 0 Å². The number of hydrogen-bond donors (Lipinski definition) is 1. The average Bonchev–Trinajstić information content (AvgIpc) is 3.12. The van der Waals surface area contributed by atoms with Crippen LogP contribution in [0.4, 0.5) is 5.69 Å². The number of rotatable bonds is 12. The number of nitrogens with zero attached hydrogens (tertiary/aromatic N) is 1. The molecule has 0 aliphatic rings. The maximum Gasteiger partial charge on any atom is 0.355 e. The van der Waals surface area contributed by atoms with Crippen molar-refractivity contribution in [1.29, 1.82) is 0 Å². The fourth-order valence-corrected chi connectivity index (χ4v) is 5.48. The summed E-state index contributed by atoms with van der Waals surface area (Å²) in [5.74, 6) is 2.04. The Bertz CT molecular complexity index is 2010. The van der Waals surface area contributed by atoms with Gasteiger partial charge in [-0.1, -0.05) is 0 Å². The van der Waals surface area contributed by atoms with Gasteiger partial charge in [-0.3, -0.25) is 9.36 Å². The van der Waals surface area contributed by atoms with Gasteiger partial charge in [-0.2, -0.15) is 0 Å². The van der Waals surface area contributed by atoms with Crippen molar-refractivity contribution in [2.24, 2.45) is 0 Å². The number of aromatic nitrogens is 1. The van der Waals surface area contributed by atoms with E-state index in [2.05, 4.69) is 0 Å². The predicted octanol–water partition coefficient (Wildman–Crippen LogP) is 5.66. The lowest BCUT2D eigenvalue weighted by atomic mass is 9.95. The minimum Gasteiger partial charge on any atom is -0.497 e. The van der Waals surface area contributed by atoms with Crippen LogP contribution in [0.5, 0.6) is 40.2 Å². The maximum absolute atomic E-state index is 14.5. The molecule has 0 radical (unpaired) electrons. The third kappa shape index (κ3) is 6.07. The molecule has 0 amide bonds. The summed E-state index contributed by atoms with van der Waals surface area (Å²) in [6, 6.07) is 18.5. The van der Waals surface area contributed by atoms with Crippen LogP contribution in [0.25, 0.3) is 27.6 Å². The molecule has 0 unspecified atom stereocenters. The summed E-state index contributed by atoms with van der Waals surface area (Å²) in [7, 11) is 10.3. The molecule has 1 heterocycles. The number of hydrogen-bond acceptors (Lipinski definition) is 11. The molecule has 0 fully saturated rings. The van der Waals surface area contributed by atoms with Gasteiger partial charge >= 0.3 is 5.97 Å². The summed E-state index contributed by atoms with van der Waals surface area (Å²) in [6.07, 6.45) is 0. The molecule has 1 aromatic heterocycles. The number of esters is 1. The number of nitrogens with two attached hydrogens (primary N) is 1. The Labute approximate surface area is 277 Å². The topological polar surface area (TPSA) is 139 Å². The third-order valence-electron chi connectivity index (χ3n) is 7.83. The van der Waals surface area contributed by atoms with Crippen LogP contribution < -0.4 is 44.5 Å². The van der Waals surface area contributed by atoms with Gasteiger partial charge in [-0.15, -0.1) is 0 Å². The zero-order valence-corrected chi connectivity index (χ0v) is 27.7. The van der Waals surface area contributed by atoms with E-state index in [4.69, 9.17) is 43.6 Å². The van der Waals surface area contributed by atoms with Crippen molar-refractivity contribution in [3.8, 4) is 57.1 Å². The number of carbonyl (C=O) groups is 1. The van der Waals surface area contributed by atoms with Crippen LogP contribution in [-0.2, 0) is 11.3 Å². The Hall–Kier alpha value is -6.04. The molecule has 5 rings (SSSR count). The third-order valence-corrected chi connectivity index (χ3v) is 7.83. The summed E-state index contributed by atoms with van der Waals surface area (Å²) in [6.45, 7) is 0.0845. The summed E-state index contributed by atoms with van der Waals surface area (Å²) in [4.78, 5) is 28.2. The molecule has 2 N–H and O–H groups in total. The molecular weight excluding hydrogens is 620 g/mol. The van der Waals surface area contributed by atoms with Crippen molar-refractivity contribution in [1.82, 2.24) is 4.57 Å². The molecule has 48 heavy (non-hydrogen) atoms. The van der Waals surface area contributed by atoms with E-state index in [9.17, 15) is 9.59 Å². The van der Waals surface area contributed by atoms with E-state index in [0.717, 1.165) is 5.56 Å². The minimum absolute atomic E-state index is 0.0484. The zero-order chi connectivity index (χ0) is 34.5. The Balaban J connectivity index is 1.86. The molecule has 12 nitrogen and oxygen atoms in total. The minimum atomic E-state index is -0.763. The van der Waals surface area contributed by atoms with Crippen LogP contribution in [0.1, 0.15) is 16.1 Å². The Morgan fingerprint density at radius 1 is 0.667 bits per heavy atom. The number of carbonyl (C=O) groups excluding carboxylic acids is 1. The van der Waals surface area contributed by atoms with Crippen LogP contribution in [0.2, 0.25) is 0 Å². The molecule has 250 valence electrons. The highest BCUT2D eigenvalue weighted by molar-refractivity contribution is 6.08. The fraction of sp³-hybridized carbons (Fsp3) is 0.222. The smallest absolute Gasteiger partial charge is 0.355 e. The van der Waals surface area contributed by atoms with E-state index in [0.29, 0.717) is 62.4 Å². The lowest BCUT2D eigenvalue weighted by molar-refractivity contribution is 0.0591. The average molecular weight is 657 g/mol. The van der Waals surface area contributed by atoms with Crippen molar-refractivity contribution < 1.29 is 42.7 Å². The van der Waals surface area contributed by atoms with Gasteiger partial charge in [-0.05, 0) is 66.2 Å². The first-order chi connectivity index (χ1) is 23.2. The standard InChI is InChI=1S/C36H36N2O10/c1-41-24-13-8-20(27(16-24)42-2)19-48-29-18-26-25(17-28(29)43-3)32(21-14-30(44-4)34(46-6)31(15-21)45-5)33(36(40)47-7)38(35(26)39)23-11-9-22(37)10-12-23/h8-18H,19,37H2,1-7H3. The number of fused-ring (bicyclic) bond motifs is 1. The zero-order valence-electron chi connectivity index (χ0n) is 27.7. The van der Waals surface area contributed by atoms with E-state index in [-0.39, 0.29) is 23.4 Å². The van der Waals surface area contributed by atoms with Crippen LogP contribution in [0.3, 0.4) is 0 Å². The van der Waals surface area contributed by atoms with Crippen LogP contribution in [0, 0.1) is 0 Å². The number of ether oxygens (including phenoxy) is 8. The first-order valence-corrected chi connectivity index (χ1v) is 14.6. The van der Waals surface area contributed by atoms with Crippen molar-refractivity contribution in [3.63, 3.8) is 0 Å². The SMILES string of the molecule is COC(=O)c1c(-c2cc(OC)c(OC)c(OC)c2)c2cc(OC)c(OCc3ccc(OC)cc3OC)cc2c(=O)n1-c1ccc(N)cc1. The predicted molar refractivity (Wildman–Crippen MR) is 181 cm³/mol. The highest BCUT2D eigenvalue weighted by atomic mass is 16.5. The van der Waals surface area contributed by atoms with Gasteiger partial charge in [0.15, 0.2) is 23.0 Å². The second kappa shape index (κ2) is 14.2. The number of methoxy groups -OCH3 is 7. The van der Waals surface area contributed by atoms with Gasteiger partial charge < -0.3 is 43.6 Å². The molecule has 12 heteroatoms. The molecule has 0 spiro atoms. The lowest BCUT2D eigenvalue weighted by Gasteiger charge is -2.22. The molecule has 0 saturated heterocycles. The van der Waals surface area contributed by atoms with Gasteiger partial charge in [0.1, 0.15) is 23.8 Å². The normalized spacial score (nSPS) is 10.7. The van der Waals surface area contributed by atoms with E-state index < -0.39 is 11.5 Å². The van der Waals surface area contributed by atoms with Gasteiger partial charge in [0.25, 0.3) is 5.56 Å². The number of pyridine rings is 1. The monoisotopic (exact) mass is 656 g/mol. The first kappa shape index (κ1) is 33.3. The Morgan fingerprint density at radius 2 is 1.29 bits per heavy atom. The largest absolute Gasteiger partial charge is 0.497 e. The maximum atomic E-state index is 14.5. The van der Waals surface area contributed by atoms with Crippen molar-refractivity contribution >= 4 is 22.4 Å². The molecule has 5 aromatic rings. The summed E-state index contributed by atoms with van der Waals surface area (Å²) in [5, 5.41) is 0.605. The van der Waals surface area contributed by atoms with Crippen LogP contribution in [0.15, 0.2) is 71.5 Å². The van der Waals surface area contributed by atoms with Crippen molar-refractivity contribution in [2.75, 3.05) is 55.5 Å². The number of benzene rings is 4. The summed E-state index contributed by atoms with van der Waals surface area (Å²) in [5.41, 5.74) is 7.82. The van der Waals surface area contributed by atoms with Crippen molar-refractivity contribution in [3.05, 3.63) is 88.3 Å². The molecule has 4 aromatic carbocycles. The van der Waals surface area contributed by atoms with E-state index in [1.54, 1.807) is 74.9 Å². The van der Waals surface area contributed by atoms with Crippen LogP contribution >= 0.6 is 0 Å². The van der Waals surface area contributed by atoms with E-state index in [1.165, 1.54) is 40.1 Å². The first-order valence-electron chi connectivity index (χ1n) is 14.6. The lowest BCUT2D eigenvalue weighted by Crippen LogP contribution is -2.27. The molecule has 0 saturated carbocycles. The summed E-state index contributed by atoms with van der Waals surface area (Å²) < 4.78 is 46.2. The van der Waals surface area contributed by atoms with Gasteiger partial charge in [-0.25, -0.2) is 4.79 Å². The molecule has 0 aliphatic carbocycles. The molecule has 0 atom stereocenters. The number of anilines is 1. The quantitative estimate of drug-likeness (QED) is 0.132.